The molecule has 2 rings (SSSR count). The highest BCUT2D eigenvalue weighted by molar-refractivity contribution is 5.91. The van der Waals surface area contributed by atoms with E-state index in [-0.39, 0.29) is 17.6 Å². The van der Waals surface area contributed by atoms with Gasteiger partial charge in [-0.2, -0.15) is 0 Å². The van der Waals surface area contributed by atoms with Gasteiger partial charge in [0.15, 0.2) is 5.56 Å². The summed E-state index contributed by atoms with van der Waals surface area (Å²) in [5, 5.41) is 9.56. The first kappa shape index (κ1) is 11.7. The molecule has 0 aromatic carbocycles. The van der Waals surface area contributed by atoms with Crippen LogP contribution in [0.5, 0.6) is 5.75 Å². The predicted octanol–water partition coefficient (Wildman–Crippen LogP) is 1.75. The van der Waals surface area contributed by atoms with Crippen molar-refractivity contribution in [2.45, 2.75) is 38.7 Å². The van der Waals surface area contributed by atoms with Crippen LogP contribution in [-0.2, 0) is 4.74 Å². The highest BCUT2D eigenvalue weighted by Gasteiger charge is 2.25. The zero-order valence-electron chi connectivity index (χ0n) is 9.56. The van der Waals surface area contributed by atoms with Gasteiger partial charge >= 0.3 is 11.6 Å². The van der Waals surface area contributed by atoms with Crippen LogP contribution in [0.1, 0.15) is 41.8 Å². The van der Waals surface area contributed by atoms with Crippen LogP contribution in [0, 0.1) is 6.92 Å². The molecule has 1 aromatic heterocycles. The van der Waals surface area contributed by atoms with Crippen LogP contribution in [0.2, 0.25) is 0 Å². The molecule has 1 aliphatic rings. The second-order valence-corrected chi connectivity index (χ2v) is 4.22. The van der Waals surface area contributed by atoms with Gasteiger partial charge in [-0.1, -0.05) is 0 Å². The molecule has 1 N–H and O–H groups in total. The van der Waals surface area contributed by atoms with Crippen LogP contribution in [0.15, 0.2) is 15.3 Å². The summed E-state index contributed by atoms with van der Waals surface area (Å²) >= 11 is 0. The highest BCUT2D eigenvalue weighted by atomic mass is 16.5. The molecule has 0 radical (unpaired) electrons. The number of hydrogen-bond donors (Lipinski definition) is 1. The van der Waals surface area contributed by atoms with E-state index in [1.807, 2.05) is 0 Å². The Morgan fingerprint density at radius 2 is 2.12 bits per heavy atom. The Bertz CT molecular complexity index is 482. The van der Waals surface area contributed by atoms with Gasteiger partial charge in [-0.15, -0.1) is 0 Å². The van der Waals surface area contributed by atoms with Gasteiger partial charge < -0.3 is 14.3 Å². The maximum atomic E-state index is 11.7. The van der Waals surface area contributed by atoms with Gasteiger partial charge in [0, 0.05) is 6.07 Å². The van der Waals surface area contributed by atoms with Crippen molar-refractivity contribution in [1.82, 2.24) is 0 Å². The Labute approximate surface area is 98.0 Å². The maximum Gasteiger partial charge on any atom is 0.354 e. The summed E-state index contributed by atoms with van der Waals surface area (Å²) in [5.74, 6) is -0.935. The molecule has 0 amide bonds. The van der Waals surface area contributed by atoms with Crippen LogP contribution < -0.4 is 5.63 Å². The number of esters is 1. The lowest BCUT2D eigenvalue weighted by molar-refractivity contribution is 0.0309. The fourth-order valence-corrected chi connectivity index (χ4v) is 2.00. The molecule has 5 heteroatoms. The van der Waals surface area contributed by atoms with E-state index in [0.717, 1.165) is 25.7 Å². The normalized spacial score (nSPS) is 16.1. The Balaban J connectivity index is 2.21. The van der Waals surface area contributed by atoms with Crippen LogP contribution in [-0.4, -0.2) is 17.2 Å². The van der Waals surface area contributed by atoms with Crippen molar-refractivity contribution in [1.29, 1.82) is 0 Å². The van der Waals surface area contributed by atoms with Gasteiger partial charge in [0.25, 0.3) is 0 Å². The largest absolute Gasteiger partial charge is 0.507 e. The quantitative estimate of drug-likeness (QED) is 0.794. The maximum absolute atomic E-state index is 11.7. The van der Waals surface area contributed by atoms with Crippen molar-refractivity contribution in [2.24, 2.45) is 0 Å². The predicted molar refractivity (Wildman–Crippen MR) is 59.1 cm³/mol. The molecular formula is C12H14O5. The number of carbonyl (C=O) groups is 1. The summed E-state index contributed by atoms with van der Waals surface area (Å²) in [6.45, 7) is 1.52. The molecule has 0 atom stereocenters. The van der Waals surface area contributed by atoms with E-state index in [1.54, 1.807) is 0 Å². The average molecular weight is 238 g/mol. The smallest absolute Gasteiger partial charge is 0.354 e. The van der Waals surface area contributed by atoms with Crippen molar-refractivity contribution in [3.05, 3.63) is 27.8 Å². The van der Waals surface area contributed by atoms with E-state index in [1.165, 1.54) is 13.0 Å². The summed E-state index contributed by atoms with van der Waals surface area (Å²) in [6.07, 6.45) is 3.51. The van der Waals surface area contributed by atoms with Gasteiger partial charge in [-0.3, -0.25) is 0 Å². The molecular weight excluding hydrogens is 224 g/mol. The third-order valence-electron chi connectivity index (χ3n) is 2.83. The lowest BCUT2D eigenvalue weighted by Crippen LogP contribution is -2.21. The zero-order chi connectivity index (χ0) is 12.4. The Morgan fingerprint density at radius 3 is 2.71 bits per heavy atom. The summed E-state index contributed by atoms with van der Waals surface area (Å²) in [5.41, 5.74) is -1.27. The molecule has 1 fully saturated rings. The molecule has 17 heavy (non-hydrogen) atoms. The fraction of sp³-hybridized carbons (Fsp3) is 0.500. The minimum Gasteiger partial charge on any atom is -0.507 e. The third kappa shape index (κ3) is 2.49. The zero-order valence-corrected chi connectivity index (χ0v) is 9.56. The van der Waals surface area contributed by atoms with Crippen LogP contribution in [0.25, 0.3) is 0 Å². The van der Waals surface area contributed by atoms with E-state index < -0.39 is 17.2 Å². The number of aryl methyl sites for hydroxylation is 1. The number of carbonyl (C=O) groups excluding carboxylic acids is 1. The first-order valence-corrected chi connectivity index (χ1v) is 5.62. The van der Waals surface area contributed by atoms with E-state index in [4.69, 9.17) is 9.15 Å². The molecule has 0 aliphatic heterocycles. The van der Waals surface area contributed by atoms with Crippen molar-refractivity contribution >= 4 is 5.97 Å². The summed E-state index contributed by atoms with van der Waals surface area (Å²) in [6, 6.07) is 1.23. The molecule has 1 heterocycles. The van der Waals surface area contributed by atoms with E-state index >= 15 is 0 Å². The monoisotopic (exact) mass is 238 g/mol. The average Bonchev–Trinajstić information content (AvgIpc) is 2.68. The highest BCUT2D eigenvalue weighted by Crippen LogP contribution is 2.23. The standard InChI is InChI=1S/C12H14O5/c1-7-6-9(13)10(11(14)16-7)12(15)17-8-4-2-3-5-8/h6,8,13H,2-5H2,1H3. The summed E-state index contributed by atoms with van der Waals surface area (Å²) in [4.78, 5) is 23.2. The number of ether oxygens (including phenoxy) is 1. The van der Waals surface area contributed by atoms with Gasteiger partial charge in [-0.25, -0.2) is 9.59 Å². The summed E-state index contributed by atoms with van der Waals surface area (Å²) < 4.78 is 9.90. The molecule has 1 aromatic rings. The van der Waals surface area contributed by atoms with Crippen LogP contribution >= 0.6 is 0 Å². The first-order valence-electron chi connectivity index (χ1n) is 5.62. The lowest BCUT2D eigenvalue weighted by atomic mass is 10.2. The molecule has 0 spiro atoms. The molecule has 1 aliphatic carbocycles. The fourth-order valence-electron chi connectivity index (χ4n) is 2.00. The molecule has 1 saturated carbocycles. The number of aromatic hydroxyl groups is 1. The number of rotatable bonds is 2. The second kappa shape index (κ2) is 4.61. The van der Waals surface area contributed by atoms with Gasteiger partial charge in [0.2, 0.25) is 0 Å². The molecule has 0 saturated heterocycles. The Hall–Kier alpha value is -1.78. The minimum atomic E-state index is -0.856. The molecule has 0 unspecified atom stereocenters. The lowest BCUT2D eigenvalue weighted by Gasteiger charge is -2.11. The second-order valence-electron chi connectivity index (χ2n) is 4.22. The Morgan fingerprint density at radius 1 is 1.47 bits per heavy atom. The van der Waals surface area contributed by atoms with Crippen molar-refractivity contribution in [2.75, 3.05) is 0 Å². The van der Waals surface area contributed by atoms with Gasteiger partial charge in [0.1, 0.15) is 17.6 Å². The summed E-state index contributed by atoms with van der Waals surface area (Å²) in [7, 11) is 0. The first-order chi connectivity index (χ1) is 8.08. The van der Waals surface area contributed by atoms with E-state index in [2.05, 4.69) is 0 Å². The Kier molecular flexibility index (Phi) is 3.17. The SMILES string of the molecule is Cc1cc(O)c(C(=O)OC2CCCC2)c(=O)o1. The molecule has 5 nitrogen and oxygen atoms in total. The minimum absolute atomic E-state index is 0.150. The third-order valence-corrected chi connectivity index (χ3v) is 2.83. The van der Waals surface area contributed by atoms with Crippen LogP contribution in [0.3, 0.4) is 0 Å². The van der Waals surface area contributed by atoms with E-state index in [9.17, 15) is 14.7 Å². The van der Waals surface area contributed by atoms with Gasteiger partial charge in [-0.05, 0) is 32.6 Å². The van der Waals surface area contributed by atoms with Crippen molar-refractivity contribution < 1.29 is 19.1 Å². The number of hydrogen-bond acceptors (Lipinski definition) is 5. The van der Waals surface area contributed by atoms with E-state index in [0.29, 0.717) is 0 Å². The van der Waals surface area contributed by atoms with Crippen molar-refractivity contribution in [3.8, 4) is 5.75 Å². The van der Waals surface area contributed by atoms with Crippen LogP contribution in [0.4, 0.5) is 0 Å². The van der Waals surface area contributed by atoms with Gasteiger partial charge in [0.05, 0.1) is 0 Å². The molecule has 0 bridgehead atoms. The van der Waals surface area contributed by atoms with Crippen molar-refractivity contribution in [3.63, 3.8) is 0 Å². The topological polar surface area (TPSA) is 76.7 Å². The molecule has 92 valence electrons.